The second-order valence-corrected chi connectivity index (χ2v) is 2.29. The van der Waals surface area contributed by atoms with Crippen molar-refractivity contribution in [3.8, 4) is 0 Å². The Morgan fingerprint density at radius 3 is 2.62 bits per heavy atom. The first-order valence-electron chi connectivity index (χ1n) is 3.20. The van der Waals surface area contributed by atoms with Gasteiger partial charge in [-0.1, -0.05) is 5.16 Å². The molecule has 0 aromatic carbocycles. The van der Waals surface area contributed by atoms with Crippen LogP contribution < -0.4 is 5.32 Å². The number of rotatable bonds is 1. The largest absolute Gasteiger partial charge is 0.471 e. The van der Waals surface area contributed by atoms with Crippen LogP contribution in [0.2, 0.25) is 0 Å². The summed E-state index contributed by atoms with van der Waals surface area (Å²) < 4.78 is 39.4. The lowest BCUT2D eigenvalue weighted by Crippen LogP contribution is -2.29. The van der Waals surface area contributed by atoms with Gasteiger partial charge in [-0.05, 0) is 6.92 Å². The van der Waals surface area contributed by atoms with E-state index in [0.29, 0.717) is 5.56 Å². The zero-order valence-corrected chi connectivity index (χ0v) is 6.47. The molecule has 0 atom stereocenters. The first-order valence-corrected chi connectivity index (χ1v) is 3.20. The molecule has 0 saturated heterocycles. The standard InChI is InChI=1S/C6H5F3N2O2/c1-3-2-10-13-4(3)11-5(12)6(7,8)9/h2H,1H3,(H,11,12). The van der Waals surface area contributed by atoms with Crippen molar-refractivity contribution in [2.75, 3.05) is 5.32 Å². The zero-order chi connectivity index (χ0) is 10.1. The number of alkyl halides is 3. The average molecular weight is 194 g/mol. The summed E-state index contributed by atoms with van der Waals surface area (Å²) in [5, 5.41) is 4.74. The highest BCUT2D eigenvalue weighted by Gasteiger charge is 2.39. The number of carbonyl (C=O) groups excluding carboxylic acids is 1. The number of nitrogens with one attached hydrogen (secondary N) is 1. The Kier molecular flexibility index (Phi) is 2.26. The summed E-state index contributed by atoms with van der Waals surface area (Å²) in [4.78, 5) is 10.4. The predicted molar refractivity (Wildman–Crippen MR) is 35.9 cm³/mol. The number of hydrogen-bond acceptors (Lipinski definition) is 3. The lowest BCUT2D eigenvalue weighted by atomic mass is 10.4. The number of hydrogen-bond donors (Lipinski definition) is 1. The van der Waals surface area contributed by atoms with E-state index in [2.05, 4.69) is 9.68 Å². The van der Waals surface area contributed by atoms with Gasteiger partial charge in [-0.3, -0.25) is 10.1 Å². The molecule has 0 aliphatic heterocycles. The van der Waals surface area contributed by atoms with E-state index in [0.717, 1.165) is 0 Å². The molecule has 7 heteroatoms. The number of anilines is 1. The number of aryl methyl sites for hydroxylation is 1. The molecule has 1 rings (SSSR count). The van der Waals surface area contributed by atoms with Crippen LogP contribution in [0, 0.1) is 6.92 Å². The fourth-order valence-corrected chi connectivity index (χ4v) is 0.584. The van der Waals surface area contributed by atoms with Crippen LogP contribution in [0.4, 0.5) is 19.1 Å². The third-order valence-electron chi connectivity index (χ3n) is 1.23. The van der Waals surface area contributed by atoms with Crippen molar-refractivity contribution in [3.05, 3.63) is 11.8 Å². The second kappa shape index (κ2) is 3.08. The highest BCUT2D eigenvalue weighted by molar-refractivity contribution is 5.94. The molecule has 0 spiro atoms. The molecule has 0 aliphatic carbocycles. The number of aromatic nitrogens is 1. The Labute approximate surface area is 70.7 Å². The Morgan fingerprint density at radius 1 is 1.62 bits per heavy atom. The summed E-state index contributed by atoms with van der Waals surface area (Å²) in [6, 6.07) is 0. The fourth-order valence-electron chi connectivity index (χ4n) is 0.584. The topological polar surface area (TPSA) is 55.1 Å². The van der Waals surface area contributed by atoms with Crippen LogP contribution >= 0.6 is 0 Å². The van der Waals surface area contributed by atoms with Crippen LogP contribution in [-0.4, -0.2) is 17.2 Å². The van der Waals surface area contributed by atoms with Crippen molar-refractivity contribution >= 4 is 11.8 Å². The van der Waals surface area contributed by atoms with Crippen LogP contribution in [0.15, 0.2) is 10.7 Å². The molecule has 0 unspecified atom stereocenters. The quantitative estimate of drug-likeness (QED) is 0.736. The van der Waals surface area contributed by atoms with Crippen LogP contribution in [0.1, 0.15) is 5.56 Å². The van der Waals surface area contributed by atoms with Gasteiger partial charge < -0.3 is 4.52 Å². The van der Waals surface area contributed by atoms with Crippen LogP contribution in [-0.2, 0) is 4.79 Å². The van der Waals surface area contributed by atoms with Crippen molar-refractivity contribution in [1.29, 1.82) is 0 Å². The third-order valence-corrected chi connectivity index (χ3v) is 1.23. The van der Waals surface area contributed by atoms with Crippen LogP contribution in [0.3, 0.4) is 0 Å². The van der Waals surface area contributed by atoms with Gasteiger partial charge in [0.1, 0.15) is 0 Å². The maximum absolute atomic E-state index is 11.7. The lowest BCUT2D eigenvalue weighted by molar-refractivity contribution is -0.167. The van der Waals surface area contributed by atoms with Gasteiger partial charge in [0, 0.05) is 5.56 Å². The van der Waals surface area contributed by atoms with Crippen LogP contribution in [0.5, 0.6) is 0 Å². The Bertz CT molecular complexity index is 318. The molecule has 0 radical (unpaired) electrons. The minimum absolute atomic E-state index is 0.290. The number of halogens is 3. The van der Waals surface area contributed by atoms with Gasteiger partial charge >= 0.3 is 12.1 Å². The normalized spacial score (nSPS) is 11.4. The zero-order valence-electron chi connectivity index (χ0n) is 6.47. The molecule has 0 aliphatic rings. The van der Waals surface area contributed by atoms with Gasteiger partial charge in [-0.15, -0.1) is 0 Å². The first kappa shape index (κ1) is 9.56. The van der Waals surface area contributed by atoms with Gasteiger partial charge in [0.15, 0.2) is 0 Å². The second-order valence-electron chi connectivity index (χ2n) is 2.29. The van der Waals surface area contributed by atoms with E-state index in [1.807, 2.05) is 0 Å². The fraction of sp³-hybridized carbons (Fsp3) is 0.333. The summed E-state index contributed by atoms with van der Waals surface area (Å²) in [6.45, 7) is 1.46. The predicted octanol–water partition coefficient (Wildman–Crippen LogP) is 1.48. The SMILES string of the molecule is Cc1cnoc1NC(=O)C(F)(F)F. The molecule has 1 N–H and O–H groups in total. The Balaban J connectivity index is 2.71. The molecular weight excluding hydrogens is 189 g/mol. The van der Waals surface area contributed by atoms with E-state index >= 15 is 0 Å². The van der Waals surface area contributed by atoms with Crippen molar-refractivity contribution in [2.24, 2.45) is 0 Å². The van der Waals surface area contributed by atoms with Gasteiger partial charge in [-0.25, -0.2) is 0 Å². The Morgan fingerprint density at radius 2 is 2.23 bits per heavy atom. The van der Waals surface area contributed by atoms with Gasteiger partial charge in [0.2, 0.25) is 5.88 Å². The molecule has 72 valence electrons. The van der Waals surface area contributed by atoms with E-state index < -0.39 is 12.1 Å². The molecule has 4 nitrogen and oxygen atoms in total. The third kappa shape index (κ3) is 2.20. The highest BCUT2D eigenvalue weighted by atomic mass is 19.4. The summed E-state index contributed by atoms with van der Waals surface area (Å²) in [7, 11) is 0. The van der Waals surface area contributed by atoms with Crippen molar-refractivity contribution < 1.29 is 22.5 Å². The number of amides is 1. The lowest BCUT2D eigenvalue weighted by Gasteiger charge is -2.04. The van der Waals surface area contributed by atoms with E-state index in [-0.39, 0.29) is 5.88 Å². The Hall–Kier alpha value is -1.53. The summed E-state index contributed by atoms with van der Waals surface area (Å²) >= 11 is 0. The summed E-state index contributed by atoms with van der Waals surface area (Å²) in [6.07, 6.45) is -3.72. The molecule has 0 fully saturated rings. The minimum Gasteiger partial charge on any atom is -0.338 e. The summed E-state index contributed by atoms with van der Waals surface area (Å²) in [5.41, 5.74) is 0.331. The molecule has 0 bridgehead atoms. The molecule has 13 heavy (non-hydrogen) atoms. The van der Waals surface area contributed by atoms with E-state index in [1.54, 1.807) is 0 Å². The molecule has 0 saturated carbocycles. The average Bonchev–Trinajstić information content (AvgIpc) is 2.34. The van der Waals surface area contributed by atoms with E-state index in [9.17, 15) is 18.0 Å². The monoisotopic (exact) mass is 194 g/mol. The maximum Gasteiger partial charge on any atom is 0.471 e. The van der Waals surface area contributed by atoms with Crippen molar-refractivity contribution in [1.82, 2.24) is 5.16 Å². The molecular formula is C6H5F3N2O2. The molecule has 1 amide bonds. The van der Waals surface area contributed by atoms with Crippen molar-refractivity contribution in [3.63, 3.8) is 0 Å². The van der Waals surface area contributed by atoms with E-state index in [1.165, 1.54) is 18.4 Å². The van der Waals surface area contributed by atoms with Crippen molar-refractivity contribution in [2.45, 2.75) is 13.1 Å². The number of nitrogens with zero attached hydrogens (tertiary/aromatic N) is 1. The van der Waals surface area contributed by atoms with Crippen LogP contribution in [0.25, 0.3) is 0 Å². The van der Waals surface area contributed by atoms with Gasteiger partial charge in [0.25, 0.3) is 0 Å². The van der Waals surface area contributed by atoms with E-state index in [4.69, 9.17) is 0 Å². The minimum atomic E-state index is -4.92. The molecule has 1 heterocycles. The molecule has 1 aromatic rings. The van der Waals surface area contributed by atoms with Gasteiger partial charge in [-0.2, -0.15) is 13.2 Å². The maximum atomic E-state index is 11.7. The summed E-state index contributed by atoms with van der Waals surface area (Å²) in [5.74, 6) is -2.37. The van der Waals surface area contributed by atoms with Gasteiger partial charge in [0.05, 0.1) is 6.20 Å². The highest BCUT2D eigenvalue weighted by Crippen LogP contribution is 2.19. The molecule has 1 aromatic heterocycles. The number of carbonyl (C=O) groups is 1. The smallest absolute Gasteiger partial charge is 0.338 e. The first-order chi connectivity index (χ1) is 5.91.